The van der Waals surface area contributed by atoms with Gasteiger partial charge in [0.05, 0.1) is 10.4 Å². The van der Waals surface area contributed by atoms with Crippen molar-refractivity contribution in [2.24, 2.45) is 7.05 Å². The number of fused-ring (bicyclic) bond motifs is 1. The number of hydrogen-bond acceptors (Lipinski definition) is 3. The predicted octanol–water partition coefficient (Wildman–Crippen LogP) is 3.36. The number of rotatable bonds is 4. The maximum atomic E-state index is 6.25. The topological polar surface area (TPSA) is 48.5 Å². The molecule has 1 unspecified atom stereocenters. The quantitative estimate of drug-likeness (QED) is 0.692. The van der Waals surface area contributed by atoms with E-state index in [1.807, 2.05) is 35.4 Å². The van der Waals surface area contributed by atoms with Crippen molar-refractivity contribution in [2.45, 2.75) is 25.3 Å². The van der Waals surface area contributed by atoms with Gasteiger partial charge >= 0.3 is 0 Å². The molecule has 110 valence electrons. The van der Waals surface area contributed by atoms with Crippen LogP contribution in [0, 0.1) is 0 Å². The Bertz CT molecular complexity index is 775. The molecule has 3 rings (SSSR count). The largest absolute Gasteiger partial charge is 0.338 e. The van der Waals surface area contributed by atoms with Crippen molar-refractivity contribution in [3.8, 4) is 0 Å². The molecule has 7 heteroatoms. The smallest absolute Gasteiger partial charge is 0.160 e. The number of pyridine rings is 1. The third kappa shape index (κ3) is 2.76. The van der Waals surface area contributed by atoms with Crippen molar-refractivity contribution < 1.29 is 0 Å². The summed E-state index contributed by atoms with van der Waals surface area (Å²) in [6.07, 6.45) is 6.15. The lowest BCUT2D eigenvalue weighted by molar-refractivity contribution is 0.630. The van der Waals surface area contributed by atoms with E-state index >= 15 is 0 Å². The maximum Gasteiger partial charge on any atom is 0.160 e. The number of aryl methyl sites for hydroxylation is 3. The molecule has 3 aromatic heterocycles. The molecule has 0 radical (unpaired) electrons. The van der Waals surface area contributed by atoms with Crippen molar-refractivity contribution in [3.05, 3.63) is 41.3 Å². The number of alkyl halides is 1. The van der Waals surface area contributed by atoms with Gasteiger partial charge in [0.2, 0.25) is 0 Å². The first-order valence-electron chi connectivity index (χ1n) is 6.68. The molecule has 21 heavy (non-hydrogen) atoms. The van der Waals surface area contributed by atoms with Crippen LogP contribution >= 0.6 is 23.2 Å². The minimum absolute atomic E-state index is 0.195. The number of imidazole rings is 2. The molecule has 0 N–H and O–H groups in total. The molecular weight excluding hydrogens is 309 g/mol. The first-order chi connectivity index (χ1) is 10.1. The molecule has 0 aliphatic heterocycles. The van der Waals surface area contributed by atoms with E-state index in [2.05, 4.69) is 15.0 Å². The summed E-state index contributed by atoms with van der Waals surface area (Å²) in [5.74, 6) is 1.81. The molecule has 0 bridgehead atoms. The summed E-state index contributed by atoms with van der Waals surface area (Å²) in [6.45, 7) is 2.63. The van der Waals surface area contributed by atoms with E-state index in [9.17, 15) is 0 Å². The van der Waals surface area contributed by atoms with Crippen LogP contribution in [0.4, 0.5) is 0 Å². The highest BCUT2D eigenvalue weighted by atomic mass is 35.5. The van der Waals surface area contributed by atoms with E-state index in [0.29, 0.717) is 5.02 Å². The zero-order chi connectivity index (χ0) is 15.0. The van der Waals surface area contributed by atoms with Crippen molar-refractivity contribution >= 4 is 34.4 Å². The van der Waals surface area contributed by atoms with Crippen LogP contribution in [0.15, 0.2) is 24.7 Å². The molecule has 0 aromatic carbocycles. The van der Waals surface area contributed by atoms with Crippen molar-refractivity contribution in [1.82, 2.24) is 24.1 Å². The van der Waals surface area contributed by atoms with Gasteiger partial charge < -0.3 is 9.13 Å². The molecule has 0 spiro atoms. The molecular formula is C14H15Cl2N5. The summed E-state index contributed by atoms with van der Waals surface area (Å²) < 4.78 is 4.05. The van der Waals surface area contributed by atoms with Crippen LogP contribution in [0.1, 0.15) is 23.9 Å². The van der Waals surface area contributed by atoms with Gasteiger partial charge in [0, 0.05) is 38.6 Å². The molecule has 0 aliphatic rings. The van der Waals surface area contributed by atoms with Crippen molar-refractivity contribution in [3.63, 3.8) is 0 Å². The van der Waals surface area contributed by atoms with E-state index < -0.39 is 0 Å². The maximum absolute atomic E-state index is 6.25. The van der Waals surface area contributed by atoms with Gasteiger partial charge in [-0.05, 0) is 13.0 Å². The van der Waals surface area contributed by atoms with Gasteiger partial charge in [-0.25, -0.2) is 15.0 Å². The molecule has 3 heterocycles. The molecule has 3 aromatic rings. The Hall–Kier alpha value is -1.59. The van der Waals surface area contributed by atoms with Crippen LogP contribution in [-0.4, -0.2) is 24.1 Å². The van der Waals surface area contributed by atoms with Gasteiger partial charge in [-0.15, -0.1) is 11.6 Å². The first-order valence-corrected chi connectivity index (χ1v) is 7.49. The average molecular weight is 324 g/mol. The lowest BCUT2D eigenvalue weighted by atomic mass is 10.3. The number of nitrogens with zero attached hydrogens (tertiary/aromatic N) is 5. The minimum atomic E-state index is -0.195. The number of aromatic nitrogens is 5. The van der Waals surface area contributed by atoms with Gasteiger partial charge in [-0.1, -0.05) is 11.6 Å². The van der Waals surface area contributed by atoms with Crippen molar-refractivity contribution in [2.75, 3.05) is 0 Å². The van der Waals surface area contributed by atoms with E-state index in [0.717, 1.165) is 35.8 Å². The summed E-state index contributed by atoms with van der Waals surface area (Å²) in [7, 11) is 1.98. The lowest BCUT2D eigenvalue weighted by Crippen LogP contribution is -2.10. The Morgan fingerprint density at radius 1 is 1.33 bits per heavy atom. The van der Waals surface area contributed by atoms with E-state index in [1.54, 1.807) is 12.4 Å². The van der Waals surface area contributed by atoms with Gasteiger partial charge in [0.1, 0.15) is 17.2 Å². The first kappa shape index (κ1) is 14.4. The Labute approximate surface area is 132 Å². The second-order valence-electron chi connectivity index (χ2n) is 4.94. The Balaban J connectivity index is 1.99. The Kier molecular flexibility index (Phi) is 3.87. The van der Waals surface area contributed by atoms with E-state index in [4.69, 9.17) is 23.2 Å². The summed E-state index contributed by atoms with van der Waals surface area (Å²) >= 11 is 12.2. The average Bonchev–Trinajstić information content (AvgIpc) is 2.99. The molecule has 0 saturated heterocycles. The van der Waals surface area contributed by atoms with Gasteiger partial charge in [-0.2, -0.15) is 0 Å². The molecule has 5 nitrogen and oxygen atoms in total. The molecule has 0 fully saturated rings. The van der Waals surface area contributed by atoms with Crippen LogP contribution in [0.3, 0.4) is 0 Å². The van der Waals surface area contributed by atoms with Crippen LogP contribution < -0.4 is 0 Å². The highest BCUT2D eigenvalue weighted by molar-refractivity contribution is 6.31. The van der Waals surface area contributed by atoms with Crippen LogP contribution in [0.5, 0.6) is 0 Å². The van der Waals surface area contributed by atoms with Crippen LogP contribution in [-0.2, 0) is 20.0 Å². The second kappa shape index (κ2) is 5.66. The highest BCUT2D eigenvalue weighted by Crippen LogP contribution is 2.25. The summed E-state index contributed by atoms with van der Waals surface area (Å²) in [5, 5.41) is 0.379. The second-order valence-corrected chi connectivity index (χ2v) is 6.03. The van der Waals surface area contributed by atoms with Gasteiger partial charge in [-0.3, -0.25) is 0 Å². The zero-order valence-electron chi connectivity index (χ0n) is 11.8. The molecule has 0 saturated carbocycles. The van der Waals surface area contributed by atoms with E-state index in [1.165, 1.54) is 0 Å². The standard InChI is InChI=1S/C14H15Cl2N5/c1-9(15)13-19-11-7-10(16)8-18-14(11)21(13)5-3-12-17-4-6-20(12)2/h4,6-9H,3,5H2,1-2H3. The fourth-order valence-corrected chi connectivity index (χ4v) is 2.70. The third-order valence-corrected chi connectivity index (χ3v) is 3.82. The Morgan fingerprint density at radius 3 is 2.81 bits per heavy atom. The predicted molar refractivity (Wildman–Crippen MR) is 83.7 cm³/mol. The van der Waals surface area contributed by atoms with Gasteiger partial charge in [0.25, 0.3) is 0 Å². The van der Waals surface area contributed by atoms with Crippen LogP contribution in [0.2, 0.25) is 5.02 Å². The fraction of sp³-hybridized carbons (Fsp3) is 0.357. The summed E-state index contributed by atoms with van der Waals surface area (Å²) in [4.78, 5) is 13.3. The van der Waals surface area contributed by atoms with E-state index in [-0.39, 0.29) is 5.38 Å². The molecule has 0 aliphatic carbocycles. The molecule has 1 atom stereocenters. The highest BCUT2D eigenvalue weighted by Gasteiger charge is 2.16. The number of hydrogen-bond donors (Lipinski definition) is 0. The third-order valence-electron chi connectivity index (χ3n) is 3.42. The molecule has 0 amide bonds. The summed E-state index contributed by atoms with van der Waals surface area (Å²) in [5.41, 5.74) is 1.57. The van der Waals surface area contributed by atoms with Crippen LogP contribution in [0.25, 0.3) is 11.2 Å². The minimum Gasteiger partial charge on any atom is -0.338 e. The Morgan fingerprint density at radius 2 is 2.14 bits per heavy atom. The lowest BCUT2D eigenvalue weighted by Gasteiger charge is -2.09. The van der Waals surface area contributed by atoms with Crippen molar-refractivity contribution in [1.29, 1.82) is 0 Å². The number of halogens is 2. The zero-order valence-corrected chi connectivity index (χ0v) is 13.3. The summed E-state index contributed by atoms with van der Waals surface area (Å²) in [6, 6.07) is 1.81. The monoisotopic (exact) mass is 323 g/mol. The van der Waals surface area contributed by atoms with Gasteiger partial charge in [0.15, 0.2) is 5.65 Å². The fourth-order valence-electron chi connectivity index (χ4n) is 2.38. The normalized spacial score (nSPS) is 13.0. The SMILES string of the molecule is CC(Cl)c1nc2cc(Cl)cnc2n1CCc1nccn1C.